The molecule has 0 bridgehead atoms. The molecule has 0 saturated carbocycles. The van der Waals surface area contributed by atoms with Gasteiger partial charge in [-0.2, -0.15) is 10.5 Å². The maximum absolute atomic E-state index is 9.82. The van der Waals surface area contributed by atoms with Crippen LogP contribution in [-0.2, 0) is 9.47 Å². The summed E-state index contributed by atoms with van der Waals surface area (Å²) in [4.78, 5) is 4.26. The molecule has 156 valence electrons. The van der Waals surface area contributed by atoms with Gasteiger partial charge < -0.3 is 19.1 Å². The fourth-order valence-electron chi connectivity index (χ4n) is 3.51. The lowest BCUT2D eigenvalue weighted by Gasteiger charge is -2.34. The summed E-state index contributed by atoms with van der Waals surface area (Å²) in [5, 5.41) is 19.5. The lowest BCUT2D eigenvalue weighted by molar-refractivity contribution is -0.107. The van der Waals surface area contributed by atoms with Gasteiger partial charge in [-0.1, -0.05) is 30.8 Å². The highest BCUT2D eigenvalue weighted by molar-refractivity contribution is 7.99. The first-order chi connectivity index (χ1) is 14.7. The lowest BCUT2D eigenvalue weighted by Crippen LogP contribution is -2.23. The molecule has 2 aromatic carbocycles. The average Bonchev–Trinajstić information content (AvgIpc) is 2.78. The van der Waals surface area contributed by atoms with Crippen LogP contribution in [0.1, 0.15) is 37.3 Å². The van der Waals surface area contributed by atoms with Gasteiger partial charge in [0.15, 0.2) is 12.0 Å². The van der Waals surface area contributed by atoms with Crippen LogP contribution in [0.15, 0.2) is 40.1 Å². The Kier molecular flexibility index (Phi) is 7.59. The van der Waals surface area contributed by atoms with E-state index in [0.717, 1.165) is 34.1 Å². The van der Waals surface area contributed by atoms with Crippen molar-refractivity contribution in [1.29, 1.82) is 10.5 Å². The number of para-hydroxylation sites is 1. The highest BCUT2D eigenvalue weighted by Gasteiger charge is 2.30. The van der Waals surface area contributed by atoms with Crippen molar-refractivity contribution in [2.45, 2.75) is 42.3 Å². The number of fused-ring (bicyclic) bond motifs is 2. The molecule has 1 heterocycles. The van der Waals surface area contributed by atoms with Crippen LogP contribution in [0.3, 0.4) is 0 Å². The van der Waals surface area contributed by atoms with Crippen molar-refractivity contribution < 1.29 is 14.2 Å². The second-order valence-electron chi connectivity index (χ2n) is 6.81. The lowest BCUT2D eigenvalue weighted by atomic mass is 10.0. The zero-order valence-corrected chi connectivity index (χ0v) is 18.3. The minimum absolute atomic E-state index is 0.285. The summed E-state index contributed by atoms with van der Waals surface area (Å²) in [7, 11) is 3.21. The van der Waals surface area contributed by atoms with Crippen LogP contribution in [-0.4, -0.2) is 33.7 Å². The molecule has 0 unspecified atom stereocenters. The third-order valence-corrected chi connectivity index (χ3v) is 6.00. The fourth-order valence-corrected chi connectivity index (χ4v) is 4.66. The Morgan fingerprint density at radius 2 is 1.87 bits per heavy atom. The SMILES string of the molecule is CCCN1c2ccccc2Sc2cc(C#N)c(C#N)c(OCCCC(OC)OC)c21. The van der Waals surface area contributed by atoms with E-state index in [1.54, 1.807) is 32.0 Å². The van der Waals surface area contributed by atoms with Gasteiger partial charge in [0.05, 0.1) is 23.5 Å². The summed E-state index contributed by atoms with van der Waals surface area (Å²) in [6.07, 6.45) is 2.01. The molecule has 0 spiro atoms. The number of anilines is 2. The second kappa shape index (κ2) is 10.4. The average molecular weight is 424 g/mol. The Morgan fingerprint density at radius 3 is 2.53 bits per heavy atom. The van der Waals surface area contributed by atoms with Crippen molar-refractivity contribution in [3.63, 3.8) is 0 Å². The van der Waals surface area contributed by atoms with E-state index in [-0.39, 0.29) is 11.9 Å². The molecule has 2 aromatic rings. The molecular formula is C23H25N3O3S. The zero-order chi connectivity index (χ0) is 21.5. The maximum atomic E-state index is 9.82. The zero-order valence-electron chi connectivity index (χ0n) is 17.5. The molecule has 0 N–H and O–H groups in total. The highest BCUT2D eigenvalue weighted by atomic mass is 32.2. The molecule has 0 radical (unpaired) electrons. The van der Waals surface area contributed by atoms with Crippen LogP contribution in [0.5, 0.6) is 5.75 Å². The Balaban J connectivity index is 2.01. The van der Waals surface area contributed by atoms with Gasteiger partial charge in [-0.15, -0.1) is 0 Å². The summed E-state index contributed by atoms with van der Waals surface area (Å²) in [5.41, 5.74) is 2.58. The van der Waals surface area contributed by atoms with E-state index in [1.807, 2.05) is 12.1 Å². The van der Waals surface area contributed by atoms with Gasteiger partial charge in [0.1, 0.15) is 17.7 Å². The number of benzene rings is 2. The number of nitrogens with zero attached hydrogens (tertiary/aromatic N) is 3. The van der Waals surface area contributed by atoms with Gasteiger partial charge in [-0.05, 0) is 31.0 Å². The quantitative estimate of drug-likeness (QED) is 0.404. The minimum Gasteiger partial charge on any atom is -0.490 e. The van der Waals surface area contributed by atoms with E-state index in [1.165, 1.54) is 0 Å². The van der Waals surface area contributed by atoms with E-state index in [9.17, 15) is 10.5 Å². The molecule has 0 fully saturated rings. The van der Waals surface area contributed by atoms with E-state index < -0.39 is 0 Å². The predicted molar refractivity (Wildman–Crippen MR) is 116 cm³/mol. The maximum Gasteiger partial charge on any atom is 0.163 e. The summed E-state index contributed by atoms with van der Waals surface area (Å²) in [5.74, 6) is 0.480. The molecule has 0 saturated heterocycles. The minimum atomic E-state index is -0.289. The molecule has 7 heteroatoms. The highest BCUT2D eigenvalue weighted by Crippen LogP contribution is 2.53. The van der Waals surface area contributed by atoms with Crippen LogP contribution in [0.25, 0.3) is 0 Å². The molecule has 0 amide bonds. The molecule has 0 aliphatic carbocycles. The van der Waals surface area contributed by atoms with Gasteiger partial charge in [-0.25, -0.2) is 0 Å². The Hall–Kier alpha value is -2.71. The molecule has 0 aromatic heterocycles. The molecule has 0 atom stereocenters. The van der Waals surface area contributed by atoms with Crippen molar-refractivity contribution in [3.8, 4) is 17.9 Å². The Morgan fingerprint density at radius 1 is 1.10 bits per heavy atom. The smallest absolute Gasteiger partial charge is 0.163 e. The van der Waals surface area contributed by atoms with E-state index in [4.69, 9.17) is 14.2 Å². The number of hydrogen-bond acceptors (Lipinski definition) is 7. The predicted octanol–water partition coefficient (Wildman–Crippen LogP) is 5.22. The van der Waals surface area contributed by atoms with Gasteiger partial charge >= 0.3 is 0 Å². The Bertz CT molecular complexity index is 977. The molecule has 6 nitrogen and oxygen atoms in total. The van der Waals surface area contributed by atoms with E-state index in [2.05, 4.69) is 36.1 Å². The third kappa shape index (κ3) is 4.39. The largest absolute Gasteiger partial charge is 0.490 e. The fraction of sp³-hybridized carbons (Fsp3) is 0.391. The standard InChI is InChI=1S/C23H25N3O3S/c1-4-11-26-18-8-5-6-9-19(18)30-20-13-16(14-24)17(15-25)23(22(20)26)29-12-7-10-21(27-2)28-3/h5-6,8-9,13,21H,4,7,10-12H2,1-3H3. The van der Waals surface area contributed by atoms with Crippen molar-refractivity contribution >= 4 is 23.1 Å². The summed E-state index contributed by atoms with van der Waals surface area (Å²) >= 11 is 1.60. The van der Waals surface area contributed by atoms with Gasteiger partial charge in [0.2, 0.25) is 0 Å². The van der Waals surface area contributed by atoms with Gasteiger partial charge in [0.25, 0.3) is 0 Å². The van der Waals surface area contributed by atoms with E-state index >= 15 is 0 Å². The molecule has 1 aliphatic heterocycles. The number of ether oxygens (including phenoxy) is 3. The van der Waals surface area contributed by atoms with Crippen LogP contribution in [0, 0.1) is 22.7 Å². The van der Waals surface area contributed by atoms with Crippen molar-refractivity contribution in [1.82, 2.24) is 0 Å². The first-order valence-corrected chi connectivity index (χ1v) is 10.7. The van der Waals surface area contributed by atoms with Gasteiger partial charge in [-0.3, -0.25) is 0 Å². The topological polar surface area (TPSA) is 78.5 Å². The monoisotopic (exact) mass is 423 g/mol. The van der Waals surface area contributed by atoms with Crippen LogP contribution in [0.2, 0.25) is 0 Å². The van der Waals surface area contributed by atoms with Gasteiger partial charge in [0, 0.05) is 37.0 Å². The van der Waals surface area contributed by atoms with Crippen molar-refractivity contribution in [3.05, 3.63) is 41.5 Å². The molecule has 30 heavy (non-hydrogen) atoms. The normalized spacial score (nSPS) is 12.1. The molecule has 1 aliphatic rings. The summed E-state index contributed by atoms with van der Waals surface area (Å²) in [6.45, 7) is 3.30. The number of nitriles is 2. The number of rotatable bonds is 9. The number of hydrogen-bond donors (Lipinski definition) is 0. The first kappa shape index (κ1) is 22.0. The molecule has 3 rings (SSSR count). The summed E-state index contributed by atoms with van der Waals surface area (Å²) < 4.78 is 16.6. The van der Waals surface area contributed by atoms with Crippen LogP contribution >= 0.6 is 11.8 Å². The van der Waals surface area contributed by atoms with Crippen LogP contribution in [0.4, 0.5) is 11.4 Å². The van der Waals surface area contributed by atoms with Crippen molar-refractivity contribution in [2.24, 2.45) is 0 Å². The van der Waals surface area contributed by atoms with E-state index in [0.29, 0.717) is 30.8 Å². The third-order valence-electron chi connectivity index (χ3n) is 4.90. The molecular weight excluding hydrogens is 398 g/mol. The second-order valence-corrected chi connectivity index (χ2v) is 7.90. The Labute approximate surface area is 182 Å². The van der Waals surface area contributed by atoms with Crippen LogP contribution < -0.4 is 9.64 Å². The number of methoxy groups -OCH3 is 2. The van der Waals surface area contributed by atoms with Crippen molar-refractivity contribution in [2.75, 3.05) is 32.3 Å². The first-order valence-electron chi connectivity index (χ1n) is 9.92. The summed E-state index contributed by atoms with van der Waals surface area (Å²) in [6, 6.07) is 14.3.